The smallest absolute Gasteiger partial charge is 0.212 e. The Labute approximate surface area is 130 Å². The Balaban J connectivity index is 2.58. The molecule has 1 aromatic heterocycles. The van der Waals surface area contributed by atoms with Gasteiger partial charge in [0.05, 0.1) is 12.1 Å². The molecule has 0 unspecified atom stereocenters. The van der Waals surface area contributed by atoms with Crippen molar-refractivity contribution in [2.45, 2.75) is 27.2 Å². The minimum absolute atomic E-state index is 0.480. The Kier molecular flexibility index (Phi) is 5.61. The summed E-state index contributed by atoms with van der Waals surface area (Å²) < 4.78 is 5.44. The number of carbonyl (C=O) groups is 1. The van der Waals surface area contributed by atoms with Gasteiger partial charge in [0, 0.05) is 17.7 Å². The molecule has 1 N–H and O–H groups in total. The highest BCUT2D eigenvalue weighted by Gasteiger charge is 2.12. The summed E-state index contributed by atoms with van der Waals surface area (Å²) in [7, 11) is 0. The van der Waals surface area contributed by atoms with E-state index >= 15 is 0 Å². The number of para-hydroxylation sites is 1. The lowest BCUT2D eigenvalue weighted by Gasteiger charge is -2.12. The zero-order valence-corrected chi connectivity index (χ0v) is 13.2. The van der Waals surface area contributed by atoms with E-state index in [-0.39, 0.29) is 0 Å². The van der Waals surface area contributed by atoms with Crippen LogP contribution in [0.3, 0.4) is 0 Å². The molecule has 1 aromatic carbocycles. The molecule has 0 atom stereocenters. The monoisotopic (exact) mass is 299 g/mol. The highest BCUT2D eigenvalue weighted by atomic mass is 16.5. The van der Waals surface area contributed by atoms with Crippen molar-refractivity contribution in [3.8, 4) is 0 Å². The number of ether oxygens (including phenoxy) is 1. The van der Waals surface area contributed by atoms with Crippen molar-refractivity contribution in [3.63, 3.8) is 0 Å². The van der Waals surface area contributed by atoms with E-state index in [1.807, 2.05) is 45.0 Å². The molecule has 0 fully saturated rings. The van der Waals surface area contributed by atoms with E-state index in [1.54, 1.807) is 0 Å². The molecule has 0 bridgehead atoms. The van der Waals surface area contributed by atoms with E-state index in [0.717, 1.165) is 28.6 Å². The van der Waals surface area contributed by atoms with Crippen LogP contribution in [0.15, 0.2) is 29.3 Å². The summed E-state index contributed by atoms with van der Waals surface area (Å²) in [5.74, 6) is 0.480. The maximum Gasteiger partial charge on any atom is 0.212 e. The predicted octanol–water partition coefficient (Wildman–Crippen LogP) is 3.63. The van der Waals surface area contributed by atoms with Crippen molar-refractivity contribution in [2.75, 3.05) is 18.5 Å². The number of carbonyl (C=O) groups excluding carboxylic acids is 1. The second-order valence-corrected chi connectivity index (χ2v) is 4.88. The summed E-state index contributed by atoms with van der Waals surface area (Å²) in [4.78, 5) is 20.1. The molecule has 2 rings (SSSR count). The highest BCUT2D eigenvalue weighted by Crippen LogP contribution is 2.33. The van der Waals surface area contributed by atoms with Crippen molar-refractivity contribution in [3.05, 3.63) is 29.8 Å². The molecule has 116 valence electrons. The van der Waals surface area contributed by atoms with Gasteiger partial charge in [0.15, 0.2) is 5.82 Å². The number of aryl methyl sites for hydroxylation is 1. The van der Waals surface area contributed by atoms with E-state index < -0.39 is 0 Å². The van der Waals surface area contributed by atoms with E-state index in [4.69, 9.17) is 9.73 Å². The quantitative estimate of drug-likeness (QED) is 0.627. The van der Waals surface area contributed by atoms with Crippen LogP contribution in [0.25, 0.3) is 10.9 Å². The largest absolute Gasteiger partial charge is 0.376 e. The van der Waals surface area contributed by atoms with Crippen molar-refractivity contribution in [2.24, 2.45) is 4.99 Å². The van der Waals surface area contributed by atoms with Crippen LogP contribution in [0, 0.1) is 6.92 Å². The summed E-state index contributed by atoms with van der Waals surface area (Å²) in [6.07, 6.45) is 1.41. The zero-order valence-electron chi connectivity index (χ0n) is 13.2. The molecule has 0 saturated heterocycles. The molecule has 22 heavy (non-hydrogen) atoms. The van der Waals surface area contributed by atoms with Gasteiger partial charge in [-0.05, 0) is 31.9 Å². The Bertz CT molecular complexity index is 696. The number of nitrogens with one attached hydrogen (secondary N) is 1. The molecule has 2 aromatic rings. The third kappa shape index (κ3) is 3.49. The highest BCUT2D eigenvalue weighted by molar-refractivity contribution is 5.96. The van der Waals surface area contributed by atoms with E-state index in [2.05, 4.69) is 10.3 Å². The van der Waals surface area contributed by atoms with Crippen LogP contribution in [-0.2, 0) is 9.53 Å². The van der Waals surface area contributed by atoms with E-state index in [1.165, 1.54) is 0 Å². The van der Waals surface area contributed by atoms with Gasteiger partial charge in [-0.1, -0.05) is 25.1 Å². The summed E-state index contributed by atoms with van der Waals surface area (Å²) in [6.45, 7) is 7.12. The number of hydrogen-bond donors (Lipinski definition) is 1. The molecule has 5 heteroatoms. The Hall–Kier alpha value is -2.27. The third-order valence-electron chi connectivity index (χ3n) is 3.47. The van der Waals surface area contributed by atoms with Gasteiger partial charge in [0.1, 0.15) is 5.69 Å². The number of rotatable bonds is 7. The van der Waals surface area contributed by atoms with Gasteiger partial charge >= 0.3 is 0 Å². The number of pyridine rings is 1. The standard InChI is InChI=1S/C17H21N3O2/c1-4-13(10-22-5-2)19-16-12(3)14-8-6-7-9-15(14)20-17(16)18-11-21/h6-9,11H,4-5,10H2,1-3H3,(H,18,20,21). The molecular formula is C17H21N3O2. The van der Waals surface area contributed by atoms with Crippen LogP contribution < -0.4 is 5.32 Å². The zero-order chi connectivity index (χ0) is 15.9. The molecule has 0 aliphatic rings. The van der Waals surface area contributed by atoms with E-state index in [0.29, 0.717) is 31.1 Å². The lowest BCUT2D eigenvalue weighted by Crippen LogP contribution is -2.08. The van der Waals surface area contributed by atoms with Gasteiger partial charge in [-0.15, -0.1) is 0 Å². The lowest BCUT2D eigenvalue weighted by molar-refractivity contribution is -0.105. The maximum atomic E-state index is 10.9. The molecule has 1 heterocycles. The number of aliphatic imine (C=N–C) groups is 1. The Morgan fingerprint density at radius 1 is 1.36 bits per heavy atom. The Morgan fingerprint density at radius 3 is 2.82 bits per heavy atom. The SMILES string of the molecule is CCOCC(CC)=Nc1c(NC=O)nc2ccccc2c1C. The molecule has 0 aliphatic heterocycles. The number of benzene rings is 1. The summed E-state index contributed by atoms with van der Waals surface area (Å²) >= 11 is 0. The van der Waals surface area contributed by atoms with Crippen molar-refractivity contribution >= 4 is 34.5 Å². The first kappa shape index (κ1) is 16.1. The summed E-state index contributed by atoms with van der Waals surface area (Å²) in [5.41, 5.74) is 3.46. The number of aromatic nitrogens is 1. The fourth-order valence-corrected chi connectivity index (χ4v) is 2.25. The van der Waals surface area contributed by atoms with Crippen molar-refractivity contribution in [1.29, 1.82) is 0 Å². The first-order valence-corrected chi connectivity index (χ1v) is 7.44. The average molecular weight is 299 g/mol. The molecule has 1 amide bonds. The molecule has 0 spiro atoms. The van der Waals surface area contributed by atoms with Gasteiger partial charge in [-0.2, -0.15) is 0 Å². The van der Waals surface area contributed by atoms with Gasteiger partial charge in [-0.3, -0.25) is 9.79 Å². The number of hydrogen-bond acceptors (Lipinski definition) is 4. The van der Waals surface area contributed by atoms with Crippen molar-refractivity contribution in [1.82, 2.24) is 4.98 Å². The second kappa shape index (κ2) is 7.66. The van der Waals surface area contributed by atoms with Gasteiger partial charge < -0.3 is 10.1 Å². The first-order chi connectivity index (χ1) is 10.7. The molecule has 0 saturated carbocycles. The number of fused-ring (bicyclic) bond motifs is 1. The average Bonchev–Trinajstić information content (AvgIpc) is 2.54. The maximum absolute atomic E-state index is 10.9. The second-order valence-electron chi connectivity index (χ2n) is 4.88. The Morgan fingerprint density at radius 2 is 2.14 bits per heavy atom. The first-order valence-electron chi connectivity index (χ1n) is 7.44. The van der Waals surface area contributed by atoms with Gasteiger partial charge in [0.25, 0.3) is 0 Å². The van der Waals surface area contributed by atoms with Gasteiger partial charge in [-0.25, -0.2) is 4.98 Å². The topological polar surface area (TPSA) is 63.6 Å². The van der Waals surface area contributed by atoms with Crippen LogP contribution >= 0.6 is 0 Å². The molecule has 0 aliphatic carbocycles. The molecular weight excluding hydrogens is 278 g/mol. The lowest BCUT2D eigenvalue weighted by atomic mass is 10.1. The van der Waals surface area contributed by atoms with E-state index in [9.17, 15) is 4.79 Å². The third-order valence-corrected chi connectivity index (χ3v) is 3.47. The van der Waals surface area contributed by atoms with Crippen molar-refractivity contribution < 1.29 is 9.53 Å². The molecule has 5 nitrogen and oxygen atoms in total. The van der Waals surface area contributed by atoms with Crippen LogP contribution in [0.5, 0.6) is 0 Å². The minimum Gasteiger partial charge on any atom is -0.376 e. The van der Waals surface area contributed by atoms with Crippen LogP contribution in [0.4, 0.5) is 11.5 Å². The normalized spacial score (nSPS) is 11.7. The summed E-state index contributed by atoms with van der Waals surface area (Å²) in [6, 6.07) is 7.83. The predicted molar refractivity (Wildman–Crippen MR) is 90.0 cm³/mol. The fourth-order valence-electron chi connectivity index (χ4n) is 2.25. The number of nitrogens with zero attached hydrogens (tertiary/aromatic N) is 2. The minimum atomic E-state index is 0.480. The van der Waals surface area contributed by atoms with Crippen LogP contribution in [-0.4, -0.2) is 30.3 Å². The number of anilines is 1. The van der Waals surface area contributed by atoms with Crippen LogP contribution in [0.2, 0.25) is 0 Å². The summed E-state index contributed by atoms with van der Waals surface area (Å²) in [5, 5.41) is 3.69. The van der Waals surface area contributed by atoms with Crippen LogP contribution in [0.1, 0.15) is 25.8 Å². The molecule has 0 radical (unpaired) electrons. The van der Waals surface area contributed by atoms with Gasteiger partial charge in [0.2, 0.25) is 6.41 Å². The fraction of sp³-hybridized carbons (Fsp3) is 0.353. The number of amides is 1.